The van der Waals surface area contributed by atoms with Gasteiger partial charge in [0.25, 0.3) is 0 Å². The van der Waals surface area contributed by atoms with Gasteiger partial charge in [-0.2, -0.15) is 0 Å². The maximum absolute atomic E-state index is 14.0. The average molecular weight is 744 g/mol. The monoisotopic (exact) mass is 743 g/mol. The van der Waals surface area contributed by atoms with Gasteiger partial charge >= 0.3 is 17.9 Å². The SMILES string of the molecule is COc1c(C)c(OC(=O)c2c(C)c(C)c(OC(=O)c3c(C)c(C(OCc4ccccc4)C(=O)CN)c(O)c(C)c3O)c(C)c2OC)c(C)c(C)c1C(=O)O. The molecule has 13 heteroatoms. The Kier molecular flexibility index (Phi) is 12.4. The fraction of sp³-hybridized carbons (Fsp3) is 0.317. The maximum atomic E-state index is 14.0. The molecular weight excluding hydrogens is 698 g/mol. The lowest BCUT2D eigenvalue weighted by Crippen LogP contribution is -2.26. The summed E-state index contributed by atoms with van der Waals surface area (Å²) in [6.45, 7) is 12.0. The summed E-state index contributed by atoms with van der Waals surface area (Å²) >= 11 is 0. The fourth-order valence-corrected chi connectivity index (χ4v) is 6.57. The Balaban J connectivity index is 1.79. The van der Waals surface area contributed by atoms with E-state index in [1.807, 2.05) is 6.07 Å². The van der Waals surface area contributed by atoms with Crippen LogP contribution in [0.2, 0.25) is 0 Å². The summed E-state index contributed by atoms with van der Waals surface area (Å²) < 4.78 is 28.9. The van der Waals surface area contributed by atoms with E-state index in [0.29, 0.717) is 27.8 Å². The van der Waals surface area contributed by atoms with Crippen LogP contribution >= 0.6 is 0 Å². The molecular formula is C41H45NO12. The number of esters is 2. The molecule has 0 radical (unpaired) electrons. The number of carboxylic acid groups (broad SMARTS) is 1. The van der Waals surface area contributed by atoms with Crippen molar-refractivity contribution in [3.05, 3.63) is 103 Å². The highest BCUT2D eigenvalue weighted by Crippen LogP contribution is 2.45. The topological polar surface area (TPSA) is 201 Å². The van der Waals surface area contributed by atoms with Gasteiger partial charge in [0.1, 0.15) is 57.3 Å². The zero-order valence-electron chi connectivity index (χ0n) is 32.0. The van der Waals surface area contributed by atoms with Crippen molar-refractivity contribution in [1.29, 1.82) is 0 Å². The number of carbonyl (C=O) groups excluding carboxylic acids is 3. The van der Waals surface area contributed by atoms with Crippen molar-refractivity contribution in [3.8, 4) is 34.5 Å². The second-order valence-electron chi connectivity index (χ2n) is 12.9. The first-order chi connectivity index (χ1) is 25.4. The molecule has 0 amide bonds. The number of carboxylic acids is 1. The van der Waals surface area contributed by atoms with Crippen LogP contribution in [-0.4, -0.2) is 59.8 Å². The number of hydrogen-bond acceptors (Lipinski definition) is 12. The van der Waals surface area contributed by atoms with Gasteiger partial charge in [-0.15, -0.1) is 0 Å². The summed E-state index contributed by atoms with van der Waals surface area (Å²) in [5.41, 5.74) is 8.10. The molecule has 0 heterocycles. The van der Waals surface area contributed by atoms with E-state index >= 15 is 0 Å². The molecule has 0 aromatic heterocycles. The molecule has 1 atom stereocenters. The van der Waals surface area contributed by atoms with Gasteiger partial charge in [-0.1, -0.05) is 30.3 Å². The van der Waals surface area contributed by atoms with Crippen LogP contribution in [0, 0.1) is 55.4 Å². The molecule has 0 saturated heterocycles. The van der Waals surface area contributed by atoms with Crippen molar-refractivity contribution in [2.75, 3.05) is 20.8 Å². The molecule has 4 aromatic carbocycles. The average Bonchev–Trinajstić information content (AvgIpc) is 3.14. The molecule has 4 rings (SSSR count). The van der Waals surface area contributed by atoms with E-state index in [0.717, 1.165) is 5.56 Å². The van der Waals surface area contributed by atoms with Gasteiger partial charge < -0.3 is 44.7 Å². The molecule has 1 unspecified atom stereocenters. The van der Waals surface area contributed by atoms with E-state index in [2.05, 4.69) is 0 Å². The largest absolute Gasteiger partial charge is 0.507 e. The quantitative estimate of drug-likeness (QED) is 0.0854. The Morgan fingerprint density at radius 2 is 1.09 bits per heavy atom. The lowest BCUT2D eigenvalue weighted by molar-refractivity contribution is -0.130. The van der Waals surface area contributed by atoms with Gasteiger partial charge in [0.2, 0.25) is 0 Å². The number of Topliss-reactive ketones (excluding diaryl/α,β-unsaturated/α-hetero) is 1. The van der Waals surface area contributed by atoms with Gasteiger partial charge in [0, 0.05) is 22.3 Å². The predicted molar refractivity (Wildman–Crippen MR) is 199 cm³/mol. The minimum Gasteiger partial charge on any atom is -0.507 e. The van der Waals surface area contributed by atoms with Crippen molar-refractivity contribution in [1.82, 2.24) is 0 Å². The molecule has 4 aromatic rings. The summed E-state index contributed by atoms with van der Waals surface area (Å²) in [5.74, 6) is -4.36. The first-order valence-corrected chi connectivity index (χ1v) is 16.9. The number of ketones is 1. The number of phenols is 2. The predicted octanol–water partition coefficient (Wildman–Crippen LogP) is 6.50. The Morgan fingerprint density at radius 3 is 1.57 bits per heavy atom. The Morgan fingerprint density at radius 1 is 0.611 bits per heavy atom. The summed E-state index contributed by atoms with van der Waals surface area (Å²) in [7, 11) is 2.66. The Bertz CT molecular complexity index is 2170. The van der Waals surface area contributed by atoms with Crippen molar-refractivity contribution in [2.24, 2.45) is 5.73 Å². The van der Waals surface area contributed by atoms with Crippen molar-refractivity contribution < 1.29 is 58.2 Å². The molecule has 54 heavy (non-hydrogen) atoms. The number of carbonyl (C=O) groups is 4. The molecule has 0 fully saturated rings. The number of aromatic carboxylic acids is 1. The van der Waals surface area contributed by atoms with Crippen LogP contribution in [0.5, 0.6) is 34.5 Å². The van der Waals surface area contributed by atoms with Crippen LogP contribution in [-0.2, 0) is 16.1 Å². The first-order valence-electron chi connectivity index (χ1n) is 16.9. The molecule has 13 nitrogen and oxygen atoms in total. The smallest absolute Gasteiger partial charge is 0.347 e. The van der Waals surface area contributed by atoms with Crippen molar-refractivity contribution in [3.63, 3.8) is 0 Å². The Labute approximate surface area is 313 Å². The number of aromatic hydroxyl groups is 2. The summed E-state index contributed by atoms with van der Waals surface area (Å²) in [6, 6.07) is 9.03. The standard InChI is InChI=1S/C41H45NO12/c1-18-20(3)34(24(7)36(50-9)30(18)39(46)47)54-41(49)31-19(2)21(4)35(25(8)37(31)51-10)53-40(48)29-22(5)28(32(44)23(6)33(29)45)38(27(43)16-42)52-17-26-14-12-11-13-15-26/h11-15,38,44-45H,16-17,42H2,1-10H3,(H,46,47). The fourth-order valence-electron chi connectivity index (χ4n) is 6.57. The third-order valence-electron chi connectivity index (χ3n) is 9.79. The number of methoxy groups -OCH3 is 2. The van der Waals surface area contributed by atoms with Gasteiger partial charge in [-0.25, -0.2) is 14.4 Å². The zero-order chi connectivity index (χ0) is 40.3. The lowest BCUT2D eigenvalue weighted by Gasteiger charge is -2.24. The molecule has 5 N–H and O–H groups in total. The van der Waals surface area contributed by atoms with Gasteiger partial charge in [-0.05, 0) is 88.8 Å². The van der Waals surface area contributed by atoms with E-state index < -0.39 is 47.8 Å². The molecule has 0 saturated carbocycles. The number of benzene rings is 4. The van der Waals surface area contributed by atoms with E-state index in [1.165, 1.54) is 28.1 Å². The minimum atomic E-state index is -1.38. The second kappa shape index (κ2) is 16.4. The van der Waals surface area contributed by atoms with E-state index in [1.54, 1.807) is 65.8 Å². The number of ether oxygens (including phenoxy) is 5. The molecule has 0 aliphatic carbocycles. The zero-order valence-corrected chi connectivity index (χ0v) is 32.0. The molecule has 0 spiro atoms. The van der Waals surface area contributed by atoms with E-state index in [9.17, 15) is 34.5 Å². The minimum absolute atomic E-state index is 0.0119. The van der Waals surface area contributed by atoms with Crippen LogP contribution in [0.15, 0.2) is 30.3 Å². The second-order valence-corrected chi connectivity index (χ2v) is 12.9. The first kappa shape index (κ1) is 40.8. The Hall–Kier alpha value is -5.92. The van der Waals surface area contributed by atoms with Crippen LogP contribution in [0.3, 0.4) is 0 Å². The summed E-state index contributed by atoms with van der Waals surface area (Å²) in [5, 5.41) is 32.2. The van der Waals surface area contributed by atoms with E-state index in [-0.39, 0.29) is 68.5 Å². The van der Waals surface area contributed by atoms with Crippen LogP contribution in [0.1, 0.15) is 92.8 Å². The molecule has 0 aliphatic heterocycles. The molecule has 0 aliphatic rings. The van der Waals surface area contributed by atoms with Crippen LogP contribution in [0.25, 0.3) is 0 Å². The van der Waals surface area contributed by atoms with Gasteiger partial charge in [-0.3, -0.25) is 4.79 Å². The van der Waals surface area contributed by atoms with E-state index in [4.69, 9.17) is 29.4 Å². The molecule has 286 valence electrons. The normalized spacial score (nSPS) is 11.5. The highest BCUT2D eigenvalue weighted by Gasteiger charge is 2.34. The molecule has 0 bridgehead atoms. The summed E-state index contributed by atoms with van der Waals surface area (Å²) in [6.07, 6.45) is -1.38. The van der Waals surface area contributed by atoms with Crippen LogP contribution < -0.4 is 24.7 Å². The third kappa shape index (κ3) is 7.32. The number of rotatable bonds is 13. The summed E-state index contributed by atoms with van der Waals surface area (Å²) in [4.78, 5) is 53.1. The number of phenolic OH excluding ortho intramolecular Hbond substituents is 2. The maximum Gasteiger partial charge on any atom is 0.347 e. The van der Waals surface area contributed by atoms with Crippen molar-refractivity contribution in [2.45, 2.75) is 68.1 Å². The van der Waals surface area contributed by atoms with Crippen LogP contribution in [0.4, 0.5) is 0 Å². The number of nitrogens with two attached hydrogens (primary N) is 1. The lowest BCUT2D eigenvalue weighted by atomic mass is 9.91. The van der Waals surface area contributed by atoms with Crippen molar-refractivity contribution >= 4 is 23.7 Å². The number of hydrogen-bond donors (Lipinski definition) is 4. The van der Waals surface area contributed by atoms with Gasteiger partial charge in [0.15, 0.2) is 5.78 Å². The highest BCUT2D eigenvalue weighted by molar-refractivity contribution is 6.01. The van der Waals surface area contributed by atoms with Gasteiger partial charge in [0.05, 0.1) is 27.4 Å². The third-order valence-corrected chi connectivity index (χ3v) is 9.79. The highest BCUT2D eigenvalue weighted by atomic mass is 16.5.